The monoisotopic (exact) mass is 347 g/mol. The second-order valence-electron chi connectivity index (χ2n) is 6.47. The molecule has 1 aliphatic heterocycles. The highest BCUT2D eigenvalue weighted by Gasteiger charge is 2.19. The van der Waals surface area contributed by atoms with Gasteiger partial charge in [-0.3, -0.25) is 0 Å². The molecule has 3 aromatic rings. The van der Waals surface area contributed by atoms with Gasteiger partial charge in [0.1, 0.15) is 11.6 Å². The van der Waals surface area contributed by atoms with E-state index in [9.17, 15) is 0 Å². The first kappa shape index (κ1) is 16.3. The Kier molecular flexibility index (Phi) is 4.35. The molecule has 0 amide bonds. The summed E-state index contributed by atoms with van der Waals surface area (Å²) in [5.41, 5.74) is 3.69. The number of nitrogens with zero attached hydrogens (tertiary/aromatic N) is 6. The number of hydrogen-bond donors (Lipinski definition) is 1. The molecule has 7 nitrogen and oxygen atoms in total. The molecule has 0 unspecified atom stereocenters. The van der Waals surface area contributed by atoms with E-state index in [2.05, 4.69) is 54.4 Å². The van der Waals surface area contributed by atoms with Crippen LogP contribution in [0.1, 0.15) is 17.0 Å². The number of rotatable bonds is 5. The van der Waals surface area contributed by atoms with Gasteiger partial charge in [-0.1, -0.05) is 24.3 Å². The number of anilines is 3. The third kappa shape index (κ3) is 3.42. The molecule has 0 spiro atoms. The number of fused-ring (bicyclic) bond motifs is 1. The van der Waals surface area contributed by atoms with E-state index in [0.29, 0.717) is 18.3 Å². The minimum Gasteiger partial charge on any atom is -0.375 e. The quantitative estimate of drug-likeness (QED) is 0.760. The van der Waals surface area contributed by atoms with Crippen molar-refractivity contribution >= 4 is 17.5 Å². The van der Waals surface area contributed by atoms with E-state index in [4.69, 9.17) is 0 Å². The molecule has 1 N–H and O–H groups in total. The molecule has 7 heteroatoms. The third-order valence-corrected chi connectivity index (χ3v) is 4.42. The lowest BCUT2D eigenvalue weighted by atomic mass is 10.1. The SMILES string of the molecule is CN(C)c1cnc(CNc2nccc(N3Cc4ccccc4C3)n2)nc1. The van der Waals surface area contributed by atoms with Gasteiger partial charge in [0.05, 0.1) is 24.6 Å². The van der Waals surface area contributed by atoms with Crippen molar-refractivity contribution in [3.63, 3.8) is 0 Å². The van der Waals surface area contributed by atoms with Gasteiger partial charge < -0.3 is 15.1 Å². The summed E-state index contributed by atoms with van der Waals surface area (Å²) in [6.07, 6.45) is 5.40. The van der Waals surface area contributed by atoms with Crippen LogP contribution in [-0.4, -0.2) is 34.0 Å². The average Bonchev–Trinajstić information content (AvgIpc) is 3.11. The van der Waals surface area contributed by atoms with Crippen molar-refractivity contribution in [3.05, 3.63) is 65.9 Å². The molecule has 0 fully saturated rings. The Morgan fingerprint density at radius 2 is 1.69 bits per heavy atom. The molecule has 2 aromatic heterocycles. The highest BCUT2D eigenvalue weighted by atomic mass is 15.2. The van der Waals surface area contributed by atoms with Crippen LogP contribution < -0.4 is 15.1 Å². The first-order chi connectivity index (χ1) is 12.7. The molecule has 132 valence electrons. The molecule has 4 rings (SSSR count). The summed E-state index contributed by atoms with van der Waals surface area (Å²) in [6.45, 7) is 2.24. The van der Waals surface area contributed by atoms with E-state index in [1.165, 1.54) is 11.1 Å². The molecule has 0 saturated carbocycles. The van der Waals surface area contributed by atoms with E-state index in [-0.39, 0.29) is 0 Å². The van der Waals surface area contributed by atoms with Crippen LogP contribution in [0.25, 0.3) is 0 Å². The molecular formula is C19H21N7. The largest absolute Gasteiger partial charge is 0.375 e. The summed E-state index contributed by atoms with van der Waals surface area (Å²) >= 11 is 0. The smallest absolute Gasteiger partial charge is 0.224 e. The Balaban J connectivity index is 1.42. The summed E-state index contributed by atoms with van der Waals surface area (Å²) < 4.78 is 0. The van der Waals surface area contributed by atoms with Crippen LogP contribution in [0.15, 0.2) is 48.9 Å². The fraction of sp³-hybridized carbons (Fsp3) is 0.263. The third-order valence-electron chi connectivity index (χ3n) is 4.42. The minimum atomic E-state index is 0.484. The van der Waals surface area contributed by atoms with Crippen LogP contribution in [0.5, 0.6) is 0 Å². The molecule has 0 saturated heterocycles. The predicted octanol–water partition coefficient (Wildman–Crippen LogP) is 2.46. The molecule has 3 heterocycles. The van der Waals surface area contributed by atoms with Crippen LogP contribution in [0.4, 0.5) is 17.5 Å². The second-order valence-corrected chi connectivity index (χ2v) is 6.47. The Bertz CT molecular complexity index is 867. The van der Waals surface area contributed by atoms with Gasteiger partial charge in [0, 0.05) is 33.4 Å². The van der Waals surface area contributed by atoms with Crippen molar-refractivity contribution in [2.45, 2.75) is 19.6 Å². The molecule has 26 heavy (non-hydrogen) atoms. The minimum absolute atomic E-state index is 0.484. The highest BCUT2D eigenvalue weighted by Crippen LogP contribution is 2.26. The van der Waals surface area contributed by atoms with Gasteiger partial charge in [0.15, 0.2) is 0 Å². The second kappa shape index (κ2) is 6.95. The molecule has 0 aliphatic carbocycles. The Labute approximate surface area is 152 Å². The highest BCUT2D eigenvalue weighted by molar-refractivity contribution is 5.49. The van der Waals surface area contributed by atoms with Crippen LogP contribution in [0, 0.1) is 0 Å². The summed E-state index contributed by atoms with van der Waals surface area (Å²) in [5.74, 6) is 2.21. The number of nitrogens with one attached hydrogen (secondary N) is 1. The molecule has 1 aliphatic rings. The normalized spacial score (nSPS) is 12.8. The predicted molar refractivity (Wildman–Crippen MR) is 102 cm³/mol. The maximum atomic E-state index is 4.64. The summed E-state index contributed by atoms with van der Waals surface area (Å²) in [7, 11) is 3.93. The van der Waals surface area contributed by atoms with Crippen molar-refractivity contribution in [1.82, 2.24) is 19.9 Å². The Morgan fingerprint density at radius 1 is 1.00 bits per heavy atom. The van der Waals surface area contributed by atoms with Crippen LogP contribution in [-0.2, 0) is 19.6 Å². The lowest BCUT2D eigenvalue weighted by Crippen LogP contribution is -2.17. The summed E-state index contributed by atoms with van der Waals surface area (Å²) in [4.78, 5) is 21.9. The van der Waals surface area contributed by atoms with Crippen molar-refractivity contribution in [3.8, 4) is 0 Å². The van der Waals surface area contributed by atoms with Gasteiger partial charge in [-0.05, 0) is 17.2 Å². The van der Waals surface area contributed by atoms with Gasteiger partial charge >= 0.3 is 0 Å². The van der Waals surface area contributed by atoms with Gasteiger partial charge in [0.25, 0.3) is 0 Å². The Morgan fingerprint density at radius 3 is 2.35 bits per heavy atom. The summed E-state index contributed by atoms with van der Waals surface area (Å²) in [5, 5.41) is 3.21. The molecular weight excluding hydrogens is 326 g/mol. The van der Waals surface area contributed by atoms with Crippen molar-refractivity contribution in [2.24, 2.45) is 0 Å². The maximum absolute atomic E-state index is 4.64. The lowest BCUT2D eigenvalue weighted by molar-refractivity contribution is 0.847. The van der Waals surface area contributed by atoms with Crippen LogP contribution in [0.3, 0.4) is 0 Å². The van der Waals surface area contributed by atoms with Crippen molar-refractivity contribution in [1.29, 1.82) is 0 Å². The zero-order valence-corrected chi connectivity index (χ0v) is 14.9. The molecule has 0 bridgehead atoms. The maximum Gasteiger partial charge on any atom is 0.224 e. The van der Waals surface area contributed by atoms with Gasteiger partial charge in [-0.25, -0.2) is 15.0 Å². The first-order valence-corrected chi connectivity index (χ1v) is 8.56. The molecule has 1 aromatic carbocycles. The fourth-order valence-electron chi connectivity index (χ4n) is 2.93. The zero-order valence-electron chi connectivity index (χ0n) is 14.9. The molecule has 0 radical (unpaired) electrons. The standard InChI is InChI=1S/C19H21N7/c1-25(2)16-9-21-17(22-10-16)11-23-19-20-8-7-18(24-19)26-12-14-5-3-4-6-15(14)13-26/h3-10H,11-13H2,1-2H3,(H,20,23,24). The Hall–Kier alpha value is -3.22. The van der Waals surface area contributed by atoms with Gasteiger partial charge in [0.2, 0.25) is 5.95 Å². The number of hydrogen-bond acceptors (Lipinski definition) is 7. The van der Waals surface area contributed by atoms with Crippen LogP contribution in [0.2, 0.25) is 0 Å². The average molecular weight is 347 g/mol. The van der Waals surface area contributed by atoms with E-state index >= 15 is 0 Å². The van der Waals surface area contributed by atoms with E-state index in [1.807, 2.05) is 37.5 Å². The van der Waals surface area contributed by atoms with E-state index < -0.39 is 0 Å². The van der Waals surface area contributed by atoms with Gasteiger partial charge in [-0.2, -0.15) is 4.98 Å². The van der Waals surface area contributed by atoms with Crippen molar-refractivity contribution < 1.29 is 0 Å². The van der Waals surface area contributed by atoms with Crippen molar-refractivity contribution in [2.75, 3.05) is 29.2 Å². The summed E-state index contributed by atoms with van der Waals surface area (Å²) in [6, 6.07) is 10.4. The lowest BCUT2D eigenvalue weighted by Gasteiger charge is -2.17. The van der Waals surface area contributed by atoms with Gasteiger partial charge in [-0.15, -0.1) is 0 Å². The van der Waals surface area contributed by atoms with E-state index in [1.54, 1.807) is 6.20 Å². The number of aromatic nitrogens is 4. The van der Waals surface area contributed by atoms with Crippen LogP contribution >= 0.6 is 0 Å². The molecule has 0 atom stereocenters. The first-order valence-electron chi connectivity index (χ1n) is 8.56. The zero-order chi connectivity index (χ0) is 17.9. The number of benzene rings is 1. The fourth-order valence-corrected chi connectivity index (χ4v) is 2.93. The van der Waals surface area contributed by atoms with E-state index in [0.717, 1.165) is 24.6 Å². The topological polar surface area (TPSA) is 70.1 Å².